The zero-order valence-electron chi connectivity index (χ0n) is 15.5. The number of hydrogen-bond donors (Lipinski definition) is 1. The second-order valence-electron chi connectivity index (χ2n) is 5.72. The Labute approximate surface area is 159 Å². The average molecular weight is 393 g/mol. The Hall–Kier alpha value is -2.81. The van der Waals surface area contributed by atoms with Crippen LogP contribution in [-0.4, -0.2) is 46.3 Å². The van der Waals surface area contributed by atoms with Crippen LogP contribution in [0.4, 0.5) is 5.69 Å². The summed E-state index contributed by atoms with van der Waals surface area (Å²) in [6.45, 7) is 0.247. The zero-order valence-corrected chi connectivity index (χ0v) is 16.3. The van der Waals surface area contributed by atoms with E-state index in [1.807, 2.05) is 6.07 Å². The van der Waals surface area contributed by atoms with Crippen molar-refractivity contribution in [2.24, 2.45) is 0 Å². The van der Waals surface area contributed by atoms with Gasteiger partial charge in [-0.15, -0.1) is 0 Å². The Morgan fingerprint density at radius 3 is 2.56 bits per heavy atom. The van der Waals surface area contributed by atoms with Gasteiger partial charge in [-0.2, -0.15) is 0 Å². The first kappa shape index (κ1) is 20.5. The molecule has 0 fully saturated rings. The summed E-state index contributed by atoms with van der Waals surface area (Å²) in [7, 11) is -0.696. The SMILES string of the molecule is COc1ccc(OC)c(N(CCC(=O)NCc2ccccn2)S(C)(=O)=O)c1. The third-order valence-corrected chi connectivity index (χ3v) is 4.97. The van der Waals surface area contributed by atoms with E-state index in [1.165, 1.54) is 14.2 Å². The van der Waals surface area contributed by atoms with E-state index in [0.717, 1.165) is 16.3 Å². The highest BCUT2D eigenvalue weighted by molar-refractivity contribution is 7.92. The first-order chi connectivity index (χ1) is 12.8. The summed E-state index contributed by atoms with van der Waals surface area (Å²) >= 11 is 0. The molecule has 0 radical (unpaired) electrons. The molecule has 9 heteroatoms. The van der Waals surface area contributed by atoms with Crippen LogP contribution in [0.3, 0.4) is 0 Å². The molecule has 0 aliphatic carbocycles. The summed E-state index contributed by atoms with van der Waals surface area (Å²) < 4.78 is 36.1. The van der Waals surface area contributed by atoms with E-state index in [9.17, 15) is 13.2 Å². The van der Waals surface area contributed by atoms with E-state index in [4.69, 9.17) is 9.47 Å². The van der Waals surface area contributed by atoms with E-state index in [2.05, 4.69) is 10.3 Å². The van der Waals surface area contributed by atoms with Gasteiger partial charge in [0, 0.05) is 25.2 Å². The van der Waals surface area contributed by atoms with E-state index >= 15 is 0 Å². The van der Waals surface area contributed by atoms with Crippen LogP contribution in [0, 0.1) is 0 Å². The van der Waals surface area contributed by atoms with Crippen molar-refractivity contribution in [1.29, 1.82) is 0 Å². The van der Waals surface area contributed by atoms with Gasteiger partial charge in [0.1, 0.15) is 11.5 Å². The second-order valence-corrected chi connectivity index (χ2v) is 7.63. The minimum Gasteiger partial charge on any atom is -0.497 e. The molecule has 1 aromatic carbocycles. The Morgan fingerprint density at radius 2 is 1.96 bits per heavy atom. The number of nitrogens with one attached hydrogen (secondary N) is 1. The highest BCUT2D eigenvalue weighted by Crippen LogP contribution is 2.33. The van der Waals surface area contributed by atoms with Crippen LogP contribution in [0.1, 0.15) is 12.1 Å². The van der Waals surface area contributed by atoms with Gasteiger partial charge in [-0.25, -0.2) is 8.42 Å². The molecule has 0 unspecified atom stereocenters. The van der Waals surface area contributed by atoms with Crippen LogP contribution in [0.15, 0.2) is 42.6 Å². The summed E-state index contributed by atoms with van der Waals surface area (Å²) in [4.78, 5) is 16.3. The molecule has 0 saturated heterocycles. The van der Waals surface area contributed by atoms with Gasteiger partial charge in [0.2, 0.25) is 15.9 Å². The number of carbonyl (C=O) groups excluding carboxylic acids is 1. The van der Waals surface area contributed by atoms with Gasteiger partial charge in [0.05, 0.1) is 38.4 Å². The predicted molar refractivity (Wildman–Crippen MR) is 102 cm³/mol. The predicted octanol–water partition coefficient (Wildman–Crippen LogP) is 1.57. The maximum Gasteiger partial charge on any atom is 0.232 e. The molecule has 0 bridgehead atoms. The van der Waals surface area contributed by atoms with Gasteiger partial charge in [0.25, 0.3) is 0 Å². The molecule has 1 N–H and O–H groups in total. The van der Waals surface area contributed by atoms with Gasteiger partial charge in [-0.05, 0) is 24.3 Å². The van der Waals surface area contributed by atoms with E-state index in [0.29, 0.717) is 17.2 Å². The highest BCUT2D eigenvalue weighted by Gasteiger charge is 2.22. The zero-order chi connectivity index (χ0) is 19.9. The molecule has 0 aliphatic rings. The first-order valence-electron chi connectivity index (χ1n) is 8.21. The molecule has 0 spiro atoms. The number of amides is 1. The Kier molecular flexibility index (Phi) is 7.00. The number of anilines is 1. The maximum atomic E-state index is 12.3. The molecular formula is C18H23N3O5S. The average Bonchev–Trinajstić information content (AvgIpc) is 2.66. The van der Waals surface area contributed by atoms with Gasteiger partial charge < -0.3 is 14.8 Å². The fourth-order valence-corrected chi connectivity index (χ4v) is 3.36. The van der Waals surface area contributed by atoms with Crippen molar-refractivity contribution >= 4 is 21.6 Å². The molecule has 2 aromatic rings. The standard InChI is InChI=1S/C18H23N3O5S/c1-25-15-7-8-17(26-2)16(12-15)21(27(3,23)24)11-9-18(22)20-13-14-6-4-5-10-19-14/h4-8,10,12H,9,11,13H2,1-3H3,(H,20,22). The fraction of sp³-hybridized carbons (Fsp3) is 0.333. The first-order valence-corrected chi connectivity index (χ1v) is 10.1. The van der Waals surface area contributed by atoms with E-state index in [1.54, 1.807) is 36.5 Å². The molecule has 27 heavy (non-hydrogen) atoms. The number of aromatic nitrogens is 1. The second kappa shape index (κ2) is 9.22. The number of benzene rings is 1. The monoisotopic (exact) mass is 393 g/mol. The smallest absolute Gasteiger partial charge is 0.232 e. The Bertz CT molecular complexity index is 872. The molecule has 1 amide bonds. The quantitative estimate of drug-likeness (QED) is 0.694. The van der Waals surface area contributed by atoms with Crippen LogP contribution in [-0.2, 0) is 21.4 Å². The number of sulfonamides is 1. The number of nitrogens with zero attached hydrogens (tertiary/aromatic N) is 2. The highest BCUT2D eigenvalue weighted by atomic mass is 32.2. The van der Waals surface area contributed by atoms with E-state index < -0.39 is 10.0 Å². The van der Waals surface area contributed by atoms with Crippen molar-refractivity contribution in [2.75, 3.05) is 31.3 Å². The lowest BCUT2D eigenvalue weighted by molar-refractivity contribution is -0.121. The lowest BCUT2D eigenvalue weighted by atomic mass is 10.2. The largest absolute Gasteiger partial charge is 0.497 e. The summed E-state index contributed by atoms with van der Waals surface area (Å²) in [6, 6.07) is 10.3. The lowest BCUT2D eigenvalue weighted by Crippen LogP contribution is -2.34. The third kappa shape index (κ3) is 5.85. The van der Waals surface area contributed by atoms with Crippen molar-refractivity contribution in [3.8, 4) is 11.5 Å². The Morgan fingerprint density at radius 1 is 1.19 bits per heavy atom. The molecule has 146 valence electrons. The minimum absolute atomic E-state index is 0.0136. The molecule has 8 nitrogen and oxygen atoms in total. The van der Waals surface area contributed by atoms with Gasteiger partial charge >= 0.3 is 0 Å². The summed E-state index contributed by atoms with van der Waals surface area (Å²) in [5, 5.41) is 2.73. The van der Waals surface area contributed by atoms with Crippen molar-refractivity contribution < 1.29 is 22.7 Å². The van der Waals surface area contributed by atoms with Gasteiger partial charge in [0.15, 0.2) is 0 Å². The molecule has 1 heterocycles. The molecular weight excluding hydrogens is 370 g/mol. The molecule has 0 atom stereocenters. The number of rotatable bonds is 9. The van der Waals surface area contributed by atoms with Crippen molar-refractivity contribution in [1.82, 2.24) is 10.3 Å². The number of pyridine rings is 1. The fourth-order valence-electron chi connectivity index (χ4n) is 2.44. The summed E-state index contributed by atoms with van der Waals surface area (Å²) in [5.74, 6) is 0.574. The number of hydrogen-bond acceptors (Lipinski definition) is 6. The van der Waals surface area contributed by atoms with Crippen LogP contribution >= 0.6 is 0 Å². The molecule has 0 saturated carbocycles. The third-order valence-electron chi connectivity index (χ3n) is 3.79. The molecule has 1 aromatic heterocycles. The summed E-state index contributed by atoms with van der Waals surface area (Å²) in [6.07, 6.45) is 2.71. The number of carbonyl (C=O) groups is 1. The van der Waals surface area contributed by atoms with Crippen LogP contribution in [0.5, 0.6) is 11.5 Å². The van der Waals surface area contributed by atoms with E-state index in [-0.39, 0.29) is 25.4 Å². The maximum absolute atomic E-state index is 12.3. The Balaban J connectivity index is 2.11. The molecule has 0 aliphatic heterocycles. The van der Waals surface area contributed by atoms with Crippen molar-refractivity contribution in [3.05, 3.63) is 48.3 Å². The molecule has 2 rings (SSSR count). The normalized spacial score (nSPS) is 10.9. The van der Waals surface area contributed by atoms with Gasteiger partial charge in [-0.3, -0.25) is 14.1 Å². The van der Waals surface area contributed by atoms with Crippen LogP contribution in [0.2, 0.25) is 0 Å². The number of methoxy groups -OCH3 is 2. The minimum atomic E-state index is -3.63. The van der Waals surface area contributed by atoms with Crippen molar-refractivity contribution in [3.63, 3.8) is 0 Å². The van der Waals surface area contributed by atoms with Gasteiger partial charge in [-0.1, -0.05) is 6.07 Å². The number of ether oxygens (including phenoxy) is 2. The topological polar surface area (TPSA) is 97.8 Å². The van der Waals surface area contributed by atoms with Crippen LogP contribution in [0.25, 0.3) is 0 Å². The summed E-state index contributed by atoms with van der Waals surface area (Å²) in [5.41, 5.74) is 1.04. The lowest BCUT2D eigenvalue weighted by Gasteiger charge is -2.24. The van der Waals surface area contributed by atoms with Crippen LogP contribution < -0.4 is 19.1 Å². The van der Waals surface area contributed by atoms with Crippen molar-refractivity contribution in [2.45, 2.75) is 13.0 Å².